The molecule has 1 aromatic heterocycles. The van der Waals surface area contributed by atoms with Gasteiger partial charge >= 0.3 is 5.97 Å². The smallest absolute Gasteiger partial charge is 0.311 e. The molecular formula is C14H12N2O4. The highest BCUT2D eigenvalue weighted by atomic mass is 16.5. The van der Waals surface area contributed by atoms with E-state index in [2.05, 4.69) is 9.68 Å². The normalized spacial score (nSPS) is 17.6. The standard InChI is InChI=1S/C14H12N2O4/c17-13(11-6-8-20-15-11)16-7-5-10(14(18)19)9-3-1-2-4-12(9)16/h1-4,6,8,10H,5,7H2,(H,18,19). The van der Waals surface area contributed by atoms with Gasteiger partial charge in [-0.15, -0.1) is 0 Å². The van der Waals surface area contributed by atoms with E-state index in [1.54, 1.807) is 29.2 Å². The van der Waals surface area contributed by atoms with Crippen LogP contribution in [0.15, 0.2) is 41.1 Å². The van der Waals surface area contributed by atoms with Crippen LogP contribution >= 0.6 is 0 Å². The van der Waals surface area contributed by atoms with Crippen LogP contribution in [-0.2, 0) is 4.79 Å². The van der Waals surface area contributed by atoms with Gasteiger partial charge in [0.05, 0.1) is 5.92 Å². The van der Waals surface area contributed by atoms with Crippen molar-refractivity contribution in [1.29, 1.82) is 0 Å². The minimum atomic E-state index is -0.869. The summed E-state index contributed by atoms with van der Waals surface area (Å²) in [5.74, 6) is -1.73. The van der Waals surface area contributed by atoms with Gasteiger partial charge in [-0.05, 0) is 18.1 Å². The molecule has 3 rings (SSSR count). The largest absolute Gasteiger partial charge is 0.481 e. The van der Waals surface area contributed by atoms with E-state index in [1.807, 2.05) is 0 Å². The van der Waals surface area contributed by atoms with Crippen LogP contribution in [0.1, 0.15) is 28.4 Å². The summed E-state index contributed by atoms with van der Waals surface area (Å²) in [6.45, 7) is 0.347. The first-order chi connectivity index (χ1) is 9.68. The molecule has 1 aromatic carbocycles. The Morgan fingerprint density at radius 3 is 2.80 bits per heavy atom. The Bertz CT molecular complexity index is 651. The zero-order chi connectivity index (χ0) is 14.1. The fourth-order valence-electron chi connectivity index (χ4n) is 2.49. The van der Waals surface area contributed by atoms with E-state index in [4.69, 9.17) is 0 Å². The van der Waals surface area contributed by atoms with Crippen molar-refractivity contribution in [2.45, 2.75) is 12.3 Å². The Labute approximate surface area is 114 Å². The molecule has 0 bridgehead atoms. The fourth-order valence-corrected chi connectivity index (χ4v) is 2.49. The van der Waals surface area contributed by atoms with Gasteiger partial charge in [-0.2, -0.15) is 0 Å². The summed E-state index contributed by atoms with van der Waals surface area (Å²) in [5.41, 5.74) is 1.50. The molecule has 0 saturated carbocycles. The lowest BCUT2D eigenvalue weighted by Crippen LogP contribution is -2.38. The first kappa shape index (κ1) is 12.4. The van der Waals surface area contributed by atoms with Gasteiger partial charge in [0.1, 0.15) is 6.26 Å². The number of carbonyl (C=O) groups is 2. The van der Waals surface area contributed by atoms with Gasteiger partial charge < -0.3 is 14.5 Å². The lowest BCUT2D eigenvalue weighted by atomic mass is 9.90. The number of aliphatic carboxylic acids is 1. The van der Waals surface area contributed by atoms with Crippen LogP contribution in [-0.4, -0.2) is 28.7 Å². The molecule has 0 saturated heterocycles. The highest BCUT2D eigenvalue weighted by Gasteiger charge is 2.33. The number of aromatic nitrogens is 1. The number of nitrogens with zero attached hydrogens (tertiary/aromatic N) is 2. The molecule has 0 aliphatic carbocycles. The molecule has 1 unspecified atom stereocenters. The van der Waals surface area contributed by atoms with Gasteiger partial charge in [0.15, 0.2) is 5.69 Å². The zero-order valence-electron chi connectivity index (χ0n) is 10.5. The average molecular weight is 272 g/mol. The van der Waals surface area contributed by atoms with Crippen molar-refractivity contribution >= 4 is 17.6 Å². The molecule has 102 valence electrons. The number of hydrogen-bond donors (Lipinski definition) is 1. The van der Waals surface area contributed by atoms with Crippen LogP contribution < -0.4 is 4.90 Å². The number of anilines is 1. The number of para-hydroxylation sites is 1. The van der Waals surface area contributed by atoms with Crippen molar-refractivity contribution in [3.63, 3.8) is 0 Å². The molecule has 20 heavy (non-hydrogen) atoms. The molecule has 0 spiro atoms. The number of carbonyl (C=O) groups excluding carboxylic acids is 1. The maximum absolute atomic E-state index is 12.4. The SMILES string of the molecule is O=C(O)C1CCN(C(=O)c2ccon2)c2ccccc21. The summed E-state index contributed by atoms with van der Waals surface area (Å²) >= 11 is 0. The lowest BCUT2D eigenvalue weighted by molar-refractivity contribution is -0.139. The van der Waals surface area contributed by atoms with Gasteiger partial charge in [0, 0.05) is 18.3 Å². The summed E-state index contributed by atoms with van der Waals surface area (Å²) in [6.07, 6.45) is 1.72. The number of amides is 1. The molecule has 1 N–H and O–H groups in total. The third-order valence-corrected chi connectivity index (χ3v) is 3.44. The van der Waals surface area contributed by atoms with E-state index < -0.39 is 11.9 Å². The Kier molecular flexibility index (Phi) is 2.98. The molecule has 6 nitrogen and oxygen atoms in total. The number of carboxylic acid groups (broad SMARTS) is 1. The highest BCUT2D eigenvalue weighted by Crippen LogP contribution is 2.35. The highest BCUT2D eigenvalue weighted by molar-refractivity contribution is 6.06. The van der Waals surface area contributed by atoms with Crippen LogP contribution in [0.4, 0.5) is 5.69 Å². The first-order valence-electron chi connectivity index (χ1n) is 6.22. The van der Waals surface area contributed by atoms with Crippen molar-refractivity contribution in [2.75, 3.05) is 11.4 Å². The van der Waals surface area contributed by atoms with Crippen LogP contribution in [0.2, 0.25) is 0 Å². The van der Waals surface area contributed by atoms with Crippen LogP contribution in [0.3, 0.4) is 0 Å². The van der Waals surface area contributed by atoms with Crippen molar-refractivity contribution in [3.8, 4) is 0 Å². The maximum atomic E-state index is 12.4. The molecule has 0 fully saturated rings. The molecule has 1 amide bonds. The number of hydrogen-bond acceptors (Lipinski definition) is 4. The summed E-state index contributed by atoms with van der Waals surface area (Å²) in [6, 6.07) is 8.55. The van der Waals surface area contributed by atoms with Gasteiger partial charge in [-0.3, -0.25) is 9.59 Å². The summed E-state index contributed by atoms with van der Waals surface area (Å²) in [5, 5.41) is 12.9. The predicted molar refractivity (Wildman–Crippen MR) is 69.6 cm³/mol. The number of carboxylic acids is 1. The zero-order valence-corrected chi connectivity index (χ0v) is 10.5. The van der Waals surface area contributed by atoms with E-state index in [9.17, 15) is 14.7 Å². The Morgan fingerprint density at radius 1 is 1.30 bits per heavy atom. The van der Waals surface area contributed by atoms with E-state index in [1.165, 1.54) is 12.3 Å². The van der Waals surface area contributed by atoms with Crippen molar-refractivity contribution in [3.05, 3.63) is 47.9 Å². The molecule has 1 atom stereocenters. The molecule has 1 aliphatic rings. The molecule has 6 heteroatoms. The van der Waals surface area contributed by atoms with Gasteiger partial charge in [0.2, 0.25) is 0 Å². The van der Waals surface area contributed by atoms with Gasteiger partial charge in [-0.1, -0.05) is 23.4 Å². The van der Waals surface area contributed by atoms with Crippen molar-refractivity contribution in [1.82, 2.24) is 5.16 Å². The van der Waals surface area contributed by atoms with Gasteiger partial charge in [0.25, 0.3) is 5.91 Å². The summed E-state index contributed by atoms with van der Waals surface area (Å²) in [4.78, 5) is 25.2. The second-order valence-corrected chi connectivity index (χ2v) is 4.58. The number of benzene rings is 1. The third-order valence-electron chi connectivity index (χ3n) is 3.44. The van der Waals surface area contributed by atoms with Gasteiger partial charge in [-0.25, -0.2) is 0 Å². The summed E-state index contributed by atoms with van der Waals surface area (Å²) in [7, 11) is 0. The topological polar surface area (TPSA) is 83.6 Å². The minimum absolute atomic E-state index is 0.216. The summed E-state index contributed by atoms with van der Waals surface area (Å²) < 4.78 is 4.68. The Morgan fingerprint density at radius 2 is 2.10 bits per heavy atom. The Balaban J connectivity index is 2.01. The maximum Gasteiger partial charge on any atom is 0.311 e. The predicted octanol–water partition coefficient (Wildman–Crippen LogP) is 1.89. The Hall–Kier alpha value is -2.63. The van der Waals surface area contributed by atoms with Crippen LogP contribution in [0.5, 0.6) is 0 Å². The van der Waals surface area contributed by atoms with E-state index in [-0.39, 0.29) is 11.6 Å². The lowest BCUT2D eigenvalue weighted by Gasteiger charge is -2.32. The second-order valence-electron chi connectivity index (χ2n) is 4.58. The van der Waals surface area contributed by atoms with E-state index in [0.29, 0.717) is 24.2 Å². The second kappa shape index (κ2) is 4.80. The van der Waals surface area contributed by atoms with Crippen molar-refractivity contribution < 1.29 is 19.2 Å². The molecule has 1 aliphatic heterocycles. The molecule has 0 radical (unpaired) electrons. The van der Waals surface area contributed by atoms with Crippen LogP contribution in [0, 0.1) is 0 Å². The quantitative estimate of drug-likeness (QED) is 0.902. The average Bonchev–Trinajstić information content (AvgIpc) is 2.99. The molecule has 2 heterocycles. The minimum Gasteiger partial charge on any atom is -0.481 e. The third kappa shape index (κ3) is 1.95. The number of fused-ring (bicyclic) bond motifs is 1. The monoisotopic (exact) mass is 272 g/mol. The first-order valence-corrected chi connectivity index (χ1v) is 6.22. The van der Waals surface area contributed by atoms with E-state index in [0.717, 1.165) is 0 Å². The number of rotatable bonds is 2. The molecule has 2 aromatic rings. The van der Waals surface area contributed by atoms with Crippen molar-refractivity contribution in [2.24, 2.45) is 0 Å². The fraction of sp³-hybridized carbons (Fsp3) is 0.214. The van der Waals surface area contributed by atoms with E-state index >= 15 is 0 Å². The van der Waals surface area contributed by atoms with Crippen LogP contribution in [0.25, 0.3) is 0 Å². The molecular weight excluding hydrogens is 260 g/mol.